The first kappa shape index (κ1) is 335. The maximum Gasteiger partial charge on any atom is 3.00 e. The average molecular weight is 446 g/mol. The fraction of sp³-hybridized carbons (Fsp3) is 0. The molecule has 0 saturated carbocycles. The molecule has 0 aromatic heterocycles. The topological polar surface area (TPSA) is 228 Å². The minimum atomic E-state index is 0. The zero-order chi connectivity index (χ0) is 0. The van der Waals surface area contributed by atoms with Gasteiger partial charge in [-0.05, 0) is 0 Å². The molecule has 0 amide bonds. The largest absolute Gasteiger partial charge is 3.00 e. The van der Waals surface area contributed by atoms with Crippen molar-refractivity contribution in [3.8, 4) is 0 Å². The van der Waals surface area contributed by atoms with Gasteiger partial charge < -0.3 is 43.8 Å². The zero-order valence-electron chi connectivity index (χ0n) is 6.03. The summed E-state index contributed by atoms with van der Waals surface area (Å²) < 4.78 is 0. The molecule has 5 radical (unpaired) electrons. The van der Waals surface area contributed by atoms with Crippen LogP contribution in [0.25, 0.3) is 0 Å². The summed E-state index contributed by atoms with van der Waals surface area (Å²) in [4.78, 5) is 0. The minimum Gasteiger partial charge on any atom is -2.00 e. The van der Waals surface area contributed by atoms with Crippen molar-refractivity contribution in [1.29, 1.82) is 0 Å². The van der Waals surface area contributed by atoms with Crippen LogP contribution in [0.15, 0.2) is 0 Å². The number of hydrogen-bond acceptors (Lipinski definition) is 0. The first-order chi connectivity index (χ1) is 0. The summed E-state index contributed by atoms with van der Waals surface area (Å²) in [7, 11) is 0. The first-order valence-corrected chi connectivity index (χ1v) is 0. The molecule has 0 aliphatic rings. The Kier molecular flexibility index (Phi) is 6680. The van der Waals surface area contributed by atoms with Gasteiger partial charge in [0.15, 0.2) is 0 Å². The van der Waals surface area contributed by atoms with Crippen molar-refractivity contribution in [1.82, 2.24) is 0 Å². The van der Waals surface area contributed by atoms with Gasteiger partial charge in [-0.2, -0.15) is 0 Å². The molecule has 0 spiro atoms. The van der Waals surface area contributed by atoms with E-state index >= 15 is 0 Å². The molecular weight excluding hydrogens is 446 g/mol. The van der Waals surface area contributed by atoms with Gasteiger partial charge >= 0.3 is 137 Å². The van der Waals surface area contributed by atoms with E-state index in [2.05, 4.69) is 0 Å². The number of rotatable bonds is 0. The summed E-state index contributed by atoms with van der Waals surface area (Å²) in [5.74, 6) is 0. The molecule has 14 heavy (non-hydrogen) atoms. The van der Waals surface area contributed by atoms with Gasteiger partial charge in [0.25, 0.3) is 0 Å². The van der Waals surface area contributed by atoms with Crippen LogP contribution >= 0.6 is 0 Å². The Labute approximate surface area is 177 Å². The molecular formula is Fe5KO8. The second kappa shape index (κ2) is 280. The quantitative estimate of drug-likeness (QED) is 0.324. The Bertz CT molecular complexity index is 17.7. The predicted molar refractivity (Wildman–Crippen MR) is 5.49 cm³/mol. The first-order valence-electron chi connectivity index (χ1n) is 0. The van der Waals surface area contributed by atoms with Crippen LogP contribution in [-0.2, 0) is 129 Å². The SMILES string of the molecule is [Fe+3].[Fe+3].[Fe+3].[Fe+3].[Fe+3].[K+].[O-2].[O-2].[O-2].[O-2].[O-2].[O-2].[O-2].[O-2]. The van der Waals surface area contributed by atoms with Crippen molar-refractivity contribution in [3.63, 3.8) is 0 Å². The molecule has 0 heterocycles. The van der Waals surface area contributed by atoms with Gasteiger partial charge in [-0.15, -0.1) is 0 Å². The third-order valence-electron chi connectivity index (χ3n) is 0. The molecule has 0 aliphatic heterocycles. The maximum atomic E-state index is 0. The molecule has 89 valence electrons. The summed E-state index contributed by atoms with van der Waals surface area (Å²) in [5, 5.41) is 0. The summed E-state index contributed by atoms with van der Waals surface area (Å²) in [6.07, 6.45) is 0. The summed E-state index contributed by atoms with van der Waals surface area (Å²) in [6, 6.07) is 0. The maximum absolute atomic E-state index is 0. The van der Waals surface area contributed by atoms with E-state index in [1.165, 1.54) is 0 Å². The normalized spacial score (nSPS) is 0. The smallest absolute Gasteiger partial charge is 2.00 e. The monoisotopic (exact) mass is 447 g/mol. The van der Waals surface area contributed by atoms with E-state index in [0.29, 0.717) is 0 Å². The van der Waals surface area contributed by atoms with Gasteiger partial charge in [0.1, 0.15) is 0 Å². The van der Waals surface area contributed by atoms with Gasteiger partial charge in [-0.1, -0.05) is 0 Å². The Morgan fingerprint density at radius 2 is 0.214 bits per heavy atom. The van der Waals surface area contributed by atoms with E-state index in [4.69, 9.17) is 0 Å². The third-order valence-corrected chi connectivity index (χ3v) is 0. The van der Waals surface area contributed by atoms with Crippen LogP contribution in [0.1, 0.15) is 0 Å². The molecule has 0 bridgehead atoms. The van der Waals surface area contributed by atoms with Crippen LogP contribution < -0.4 is 51.4 Å². The van der Waals surface area contributed by atoms with Gasteiger partial charge in [0.05, 0.1) is 0 Å². The second-order valence-electron chi connectivity index (χ2n) is 0. The van der Waals surface area contributed by atoms with E-state index in [1.807, 2.05) is 0 Å². The van der Waals surface area contributed by atoms with Gasteiger partial charge in [-0.25, -0.2) is 0 Å². The molecule has 0 rings (SSSR count). The molecule has 8 nitrogen and oxygen atoms in total. The predicted octanol–water partition coefficient (Wildman–Crippen LogP) is -3.96. The molecule has 0 N–H and O–H groups in total. The van der Waals surface area contributed by atoms with Gasteiger partial charge in [0.2, 0.25) is 0 Å². The fourth-order valence-corrected chi connectivity index (χ4v) is 0. The second-order valence-corrected chi connectivity index (χ2v) is 0. The van der Waals surface area contributed by atoms with Crippen LogP contribution in [0.2, 0.25) is 0 Å². The molecule has 0 saturated heterocycles. The standard InChI is InChI=1S/5Fe.K.8O/q5*+3;+1;8*-2. The van der Waals surface area contributed by atoms with E-state index in [9.17, 15) is 0 Å². The molecule has 0 aromatic carbocycles. The van der Waals surface area contributed by atoms with Crippen molar-refractivity contribution in [2.45, 2.75) is 0 Å². The Morgan fingerprint density at radius 3 is 0.214 bits per heavy atom. The average Bonchev–Trinajstić information content (AvgIpc) is 0. The Balaban J connectivity index is 0. The molecule has 0 atom stereocenters. The van der Waals surface area contributed by atoms with Crippen LogP contribution in [0.5, 0.6) is 0 Å². The van der Waals surface area contributed by atoms with Gasteiger partial charge in [0, 0.05) is 0 Å². The molecule has 14 heteroatoms. The summed E-state index contributed by atoms with van der Waals surface area (Å²) >= 11 is 0. The Hall–Kier alpha value is 3.91. The van der Waals surface area contributed by atoms with Crippen molar-refractivity contribution in [3.05, 3.63) is 0 Å². The van der Waals surface area contributed by atoms with Gasteiger partial charge in [-0.3, -0.25) is 0 Å². The van der Waals surface area contributed by atoms with Crippen LogP contribution in [-0.4, -0.2) is 0 Å². The van der Waals surface area contributed by atoms with Crippen molar-refractivity contribution < 1.29 is 181 Å². The third kappa shape index (κ3) is 231. The van der Waals surface area contributed by atoms with Crippen LogP contribution in [0.3, 0.4) is 0 Å². The molecule has 0 aliphatic carbocycles. The van der Waals surface area contributed by atoms with Crippen LogP contribution in [0, 0.1) is 0 Å². The van der Waals surface area contributed by atoms with Crippen molar-refractivity contribution >= 4 is 0 Å². The summed E-state index contributed by atoms with van der Waals surface area (Å²) in [5.41, 5.74) is 0. The van der Waals surface area contributed by atoms with Crippen LogP contribution in [0.4, 0.5) is 0 Å². The zero-order valence-corrected chi connectivity index (χ0v) is 14.7. The molecule has 0 aromatic rings. The van der Waals surface area contributed by atoms with E-state index in [0.717, 1.165) is 0 Å². The molecule has 0 fully saturated rings. The Morgan fingerprint density at radius 1 is 0.214 bits per heavy atom. The fourth-order valence-electron chi connectivity index (χ4n) is 0. The molecule has 0 unspecified atom stereocenters. The van der Waals surface area contributed by atoms with Crippen molar-refractivity contribution in [2.24, 2.45) is 0 Å². The van der Waals surface area contributed by atoms with E-state index in [1.54, 1.807) is 0 Å². The van der Waals surface area contributed by atoms with E-state index < -0.39 is 0 Å². The summed E-state index contributed by atoms with van der Waals surface area (Å²) in [6.45, 7) is 0. The number of hydrogen-bond donors (Lipinski definition) is 0. The minimum absolute atomic E-state index is 0. The van der Waals surface area contributed by atoms with Crippen molar-refractivity contribution in [2.75, 3.05) is 0 Å². The van der Waals surface area contributed by atoms with E-state index in [-0.39, 0.29) is 181 Å².